The van der Waals surface area contributed by atoms with E-state index in [1.807, 2.05) is 0 Å². The van der Waals surface area contributed by atoms with Crippen molar-refractivity contribution in [2.75, 3.05) is 13.1 Å². The van der Waals surface area contributed by atoms with Crippen LogP contribution in [0.5, 0.6) is 0 Å². The first-order valence-electron chi connectivity index (χ1n) is 2.37. The summed E-state index contributed by atoms with van der Waals surface area (Å²) in [6.45, 7) is 2.38. The molecule has 1 N–H and O–H groups in total. The highest BCUT2D eigenvalue weighted by atomic mass is 14.9. The van der Waals surface area contributed by atoms with Crippen molar-refractivity contribution < 1.29 is 0 Å². The molecule has 0 aromatic heterocycles. The number of hydrogen-bond donors (Lipinski definition) is 1. The van der Waals surface area contributed by atoms with E-state index in [1.165, 1.54) is 19.5 Å². The van der Waals surface area contributed by atoms with E-state index in [2.05, 4.69) is 5.32 Å². The molecule has 6 heavy (non-hydrogen) atoms. The summed E-state index contributed by atoms with van der Waals surface area (Å²) in [6.07, 6.45) is 1.35. The normalized spacial score (nSPS) is 28.0. The fraction of sp³-hybridized carbons (Fsp3) is 0.600. The zero-order valence-electron chi connectivity index (χ0n) is 3.62. The maximum atomic E-state index is 3.25. The molecule has 32 valence electrons. The molecule has 0 atom stereocenters. The van der Waals surface area contributed by atoms with Crippen molar-refractivity contribution in [1.29, 1.82) is 0 Å². The van der Waals surface area contributed by atoms with Gasteiger partial charge in [-0.2, -0.15) is 0 Å². The predicted molar refractivity (Wildman–Crippen MR) is 24.5 cm³/mol. The molecule has 1 heteroatoms. The van der Waals surface area contributed by atoms with E-state index < -0.39 is 0 Å². The number of piperidine rings is 1. The van der Waals surface area contributed by atoms with Crippen LogP contribution < -0.4 is 5.32 Å². The van der Waals surface area contributed by atoms with E-state index in [9.17, 15) is 0 Å². The van der Waals surface area contributed by atoms with E-state index in [0.29, 0.717) is 0 Å². The second kappa shape index (κ2) is 0.684. The summed E-state index contributed by atoms with van der Waals surface area (Å²) in [5, 5.41) is 3.25. The van der Waals surface area contributed by atoms with Crippen LogP contribution >= 0.6 is 0 Å². The van der Waals surface area contributed by atoms with E-state index in [4.69, 9.17) is 0 Å². The molecule has 1 heterocycles. The van der Waals surface area contributed by atoms with Gasteiger partial charge in [0.2, 0.25) is 0 Å². The lowest BCUT2D eigenvalue weighted by molar-refractivity contribution is 0.822. The quantitative estimate of drug-likeness (QED) is 0.413. The van der Waals surface area contributed by atoms with Crippen LogP contribution in [0.25, 0.3) is 0 Å². The summed E-state index contributed by atoms with van der Waals surface area (Å²) in [5.41, 5.74) is 3.35. The highest BCUT2D eigenvalue weighted by Crippen LogP contribution is 2.32. The summed E-state index contributed by atoms with van der Waals surface area (Å²) in [5.74, 6) is 0. The number of rotatable bonds is 0. The van der Waals surface area contributed by atoms with Gasteiger partial charge in [-0.05, 0) is 6.42 Å². The topological polar surface area (TPSA) is 12.0 Å². The maximum Gasteiger partial charge on any atom is 0.0174 e. The minimum Gasteiger partial charge on any atom is -0.309 e. The Morgan fingerprint density at radius 3 is 2.00 bits per heavy atom. The van der Waals surface area contributed by atoms with Gasteiger partial charge in [-0.25, -0.2) is 0 Å². The van der Waals surface area contributed by atoms with Gasteiger partial charge in [0.25, 0.3) is 0 Å². The molecule has 0 saturated carbocycles. The van der Waals surface area contributed by atoms with Crippen molar-refractivity contribution >= 4 is 0 Å². The first kappa shape index (κ1) is 2.80. The van der Waals surface area contributed by atoms with Crippen LogP contribution in [-0.4, -0.2) is 13.1 Å². The van der Waals surface area contributed by atoms with E-state index in [0.717, 1.165) is 0 Å². The molecule has 0 radical (unpaired) electrons. The molecule has 0 spiro atoms. The van der Waals surface area contributed by atoms with Gasteiger partial charge >= 0.3 is 0 Å². The van der Waals surface area contributed by atoms with Crippen molar-refractivity contribution in [3.05, 3.63) is 11.1 Å². The number of nitrogens with one attached hydrogen (secondary N) is 1. The monoisotopic (exact) mass is 81.1 g/mol. The van der Waals surface area contributed by atoms with Gasteiger partial charge in [0, 0.05) is 13.1 Å². The lowest BCUT2D eigenvalue weighted by Crippen LogP contribution is -2.11. The van der Waals surface area contributed by atoms with Crippen LogP contribution in [0.2, 0.25) is 0 Å². The summed E-state index contributed by atoms with van der Waals surface area (Å²) >= 11 is 0. The third-order valence-corrected chi connectivity index (χ3v) is 1.48. The third-order valence-electron chi connectivity index (χ3n) is 1.48. The number of hydrogen-bond acceptors (Lipinski definition) is 1. The summed E-state index contributed by atoms with van der Waals surface area (Å²) < 4.78 is 0. The first-order chi connectivity index (χ1) is 2.97. The minimum atomic E-state index is 1.19. The molecule has 1 aliphatic carbocycles. The Morgan fingerprint density at radius 1 is 1.17 bits per heavy atom. The van der Waals surface area contributed by atoms with Gasteiger partial charge < -0.3 is 5.32 Å². The van der Waals surface area contributed by atoms with Gasteiger partial charge in [0.05, 0.1) is 0 Å². The van der Waals surface area contributed by atoms with E-state index in [1.54, 1.807) is 11.1 Å². The Labute approximate surface area is 37.0 Å². The molecular formula is C5H7N. The van der Waals surface area contributed by atoms with Gasteiger partial charge in [0.1, 0.15) is 0 Å². The Bertz CT molecular complexity index is 101. The Hall–Kier alpha value is -0.300. The molecule has 0 fully saturated rings. The SMILES string of the molecule is C1NCC2=C1C2. The fourth-order valence-corrected chi connectivity index (χ4v) is 0.953. The van der Waals surface area contributed by atoms with Gasteiger partial charge in [-0.3, -0.25) is 0 Å². The highest BCUT2D eigenvalue weighted by molar-refractivity contribution is 5.40. The van der Waals surface area contributed by atoms with Crippen molar-refractivity contribution in [3.63, 3.8) is 0 Å². The van der Waals surface area contributed by atoms with Crippen LogP contribution in [-0.2, 0) is 0 Å². The van der Waals surface area contributed by atoms with Crippen molar-refractivity contribution in [2.24, 2.45) is 0 Å². The summed E-state index contributed by atoms with van der Waals surface area (Å²) in [6, 6.07) is 0. The lowest BCUT2D eigenvalue weighted by atomic mass is 10.4. The Balaban J connectivity index is 2.29. The van der Waals surface area contributed by atoms with Crippen LogP contribution in [0.3, 0.4) is 0 Å². The summed E-state index contributed by atoms with van der Waals surface area (Å²) in [4.78, 5) is 0. The van der Waals surface area contributed by atoms with Gasteiger partial charge in [0.15, 0.2) is 0 Å². The van der Waals surface area contributed by atoms with Crippen molar-refractivity contribution in [1.82, 2.24) is 5.32 Å². The molecule has 0 unspecified atom stereocenters. The molecule has 2 aliphatic rings. The average molecular weight is 81.1 g/mol. The van der Waals surface area contributed by atoms with Crippen LogP contribution in [0.15, 0.2) is 11.1 Å². The molecule has 0 saturated heterocycles. The van der Waals surface area contributed by atoms with Gasteiger partial charge in [-0.15, -0.1) is 0 Å². The third kappa shape index (κ3) is 0.197. The molecular weight excluding hydrogens is 74.1 g/mol. The molecule has 1 nitrogen and oxygen atoms in total. The standard InChI is InChI=1S/C5H7N/c1-4-2-6-3-5(1)4/h6H,1-3H2. The fourth-order valence-electron chi connectivity index (χ4n) is 0.953. The van der Waals surface area contributed by atoms with Crippen LogP contribution in [0.1, 0.15) is 6.42 Å². The average Bonchev–Trinajstić information content (AvgIpc) is 2.17. The molecule has 1 aliphatic heterocycles. The largest absolute Gasteiger partial charge is 0.309 e. The molecule has 0 aromatic rings. The molecule has 2 rings (SSSR count). The van der Waals surface area contributed by atoms with Crippen molar-refractivity contribution in [3.8, 4) is 0 Å². The van der Waals surface area contributed by atoms with E-state index >= 15 is 0 Å². The van der Waals surface area contributed by atoms with Gasteiger partial charge in [-0.1, -0.05) is 11.1 Å². The van der Waals surface area contributed by atoms with Crippen LogP contribution in [0.4, 0.5) is 0 Å². The second-order valence-electron chi connectivity index (χ2n) is 1.99. The smallest absolute Gasteiger partial charge is 0.0174 e. The Morgan fingerprint density at radius 2 is 1.83 bits per heavy atom. The van der Waals surface area contributed by atoms with Crippen LogP contribution in [0, 0.1) is 0 Å². The van der Waals surface area contributed by atoms with E-state index in [-0.39, 0.29) is 0 Å². The Kier molecular flexibility index (Phi) is 0.320. The molecule has 0 bridgehead atoms. The molecule has 0 amide bonds. The second-order valence-corrected chi connectivity index (χ2v) is 1.99. The molecule has 0 aromatic carbocycles. The summed E-state index contributed by atoms with van der Waals surface area (Å²) in [7, 11) is 0. The maximum absolute atomic E-state index is 3.25. The lowest BCUT2D eigenvalue weighted by Gasteiger charge is -1.90. The zero-order chi connectivity index (χ0) is 3.98. The highest BCUT2D eigenvalue weighted by Gasteiger charge is 2.24. The van der Waals surface area contributed by atoms with Crippen molar-refractivity contribution in [2.45, 2.75) is 6.42 Å². The first-order valence-corrected chi connectivity index (χ1v) is 2.37. The predicted octanol–water partition coefficient (Wildman–Crippen LogP) is 0.290. The zero-order valence-corrected chi connectivity index (χ0v) is 3.62. The minimum absolute atomic E-state index is 1.19.